The summed E-state index contributed by atoms with van der Waals surface area (Å²) in [6, 6.07) is 11.0. The van der Waals surface area contributed by atoms with Gasteiger partial charge in [0.1, 0.15) is 11.9 Å². The molecule has 0 bridgehead atoms. The Hall–Kier alpha value is -1.91. The number of hydrogen-bond donors (Lipinski definition) is 2. The first-order chi connectivity index (χ1) is 8.74. The highest BCUT2D eigenvalue weighted by molar-refractivity contribution is 5.60. The highest BCUT2D eigenvalue weighted by atomic mass is 16.5. The maximum Gasteiger partial charge on any atom is 0.118 e. The van der Waals surface area contributed by atoms with Gasteiger partial charge in [0.15, 0.2) is 0 Å². The standard InChI is InChI=1S/C14H15NO3/c1-18-12-4-2-10(3-5-12)13-8-11(6-7-15-13)14(17)9-16/h2-8,14,16-17H,9H2,1H3/t14-/m0/s1. The average molecular weight is 245 g/mol. The van der Waals surface area contributed by atoms with Gasteiger partial charge in [-0.1, -0.05) is 0 Å². The van der Waals surface area contributed by atoms with Crippen LogP contribution in [0.2, 0.25) is 0 Å². The van der Waals surface area contributed by atoms with Crippen LogP contribution in [-0.4, -0.2) is 28.9 Å². The fourth-order valence-corrected chi connectivity index (χ4v) is 1.68. The summed E-state index contributed by atoms with van der Waals surface area (Å²) in [7, 11) is 1.62. The van der Waals surface area contributed by atoms with E-state index in [9.17, 15) is 5.11 Å². The summed E-state index contributed by atoms with van der Waals surface area (Å²) >= 11 is 0. The third-order valence-electron chi connectivity index (χ3n) is 2.73. The molecular weight excluding hydrogens is 230 g/mol. The van der Waals surface area contributed by atoms with E-state index in [1.807, 2.05) is 24.3 Å². The van der Waals surface area contributed by atoms with Crippen LogP contribution in [0.25, 0.3) is 11.3 Å². The van der Waals surface area contributed by atoms with E-state index < -0.39 is 6.10 Å². The van der Waals surface area contributed by atoms with Crippen LogP contribution in [0, 0.1) is 0 Å². The molecule has 2 aromatic rings. The SMILES string of the molecule is COc1ccc(-c2cc([C@@H](O)CO)ccn2)cc1. The zero-order valence-electron chi connectivity index (χ0n) is 10.1. The summed E-state index contributed by atoms with van der Waals surface area (Å²) in [4.78, 5) is 4.25. The molecule has 0 fully saturated rings. The molecule has 1 atom stereocenters. The van der Waals surface area contributed by atoms with Gasteiger partial charge in [-0.15, -0.1) is 0 Å². The van der Waals surface area contributed by atoms with E-state index in [0.717, 1.165) is 17.0 Å². The quantitative estimate of drug-likeness (QED) is 0.862. The van der Waals surface area contributed by atoms with Crippen molar-refractivity contribution in [2.45, 2.75) is 6.10 Å². The lowest BCUT2D eigenvalue weighted by Gasteiger charge is -2.09. The third-order valence-corrected chi connectivity index (χ3v) is 2.73. The number of benzene rings is 1. The molecule has 1 aromatic heterocycles. The van der Waals surface area contributed by atoms with Crippen molar-refractivity contribution in [2.24, 2.45) is 0 Å². The Bertz CT molecular complexity index is 511. The molecule has 0 spiro atoms. The molecule has 1 heterocycles. The molecular formula is C14H15NO3. The summed E-state index contributed by atoms with van der Waals surface area (Å²) in [6.45, 7) is -0.300. The van der Waals surface area contributed by atoms with E-state index in [1.165, 1.54) is 0 Å². The van der Waals surface area contributed by atoms with Gasteiger partial charge in [-0.25, -0.2) is 0 Å². The number of aliphatic hydroxyl groups is 2. The van der Waals surface area contributed by atoms with Crippen molar-refractivity contribution >= 4 is 0 Å². The van der Waals surface area contributed by atoms with Crippen molar-refractivity contribution in [3.8, 4) is 17.0 Å². The normalized spacial score (nSPS) is 12.2. The van der Waals surface area contributed by atoms with Gasteiger partial charge in [-0.2, -0.15) is 0 Å². The summed E-state index contributed by atoms with van der Waals surface area (Å²) in [5.74, 6) is 0.783. The number of pyridine rings is 1. The minimum Gasteiger partial charge on any atom is -0.497 e. The van der Waals surface area contributed by atoms with Gasteiger partial charge in [-0.05, 0) is 42.0 Å². The fraction of sp³-hybridized carbons (Fsp3) is 0.214. The lowest BCUT2D eigenvalue weighted by atomic mass is 10.1. The molecule has 0 saturated heterocycles. The molecule has 0 aliphatic heterocycles. The number of aliphatic hydroxyl groups excluding tert-OH is 2. The maximum atomic E-state index is 9.59. The molecule has 4 nitrogen and oxygen atoms in total. The second-order valence-corrected chi connectivity index (χ2v) is 3.90. The van der Waals surface area contributed by atoms with Crippen molar-refractivity contribution in [3.05, 3.63) is 48.2 Å². The third kappa shape index (κ3) is 2.67. The van der Waals surface area contributed by atoms with Gasteiger partial charge in [0.25, 0.3) is 0 Å². The Kier molecular flexibility index (Phi) is 3.92. The Morgan fingerprint density at radius 3 is 2.56 bits per heavy atom. The number of hydrogen-bond acceptors (Lipinski definition) is 4. The first-order valence-electron chi connectivity index (χ1n) is 5.64. The first kappa shape index (κ1) is 12.5. The van der Waals surface area contributed by atoms with E-state index in [0.29, 0.717) is 5.56 Å². The van der Waals surface area contributed by atoms with E-state index in [1.54, 1.807) is 25.4 Å². The van der Waals surface area contributed by atoms with Crippen LogP contribution in [0.15, 0.2) is 42.6 Å². The van der Waals surface area contributed by atoms with E-state index >= 15 is 0 Å². The fourth-order valence-electron chi connectivity index (χ4n) is 1.68. The van der Waals surface area contributed by atoms with Gasteiger partial charge >= 0.3 is 0 Å². The molecule has 1 aromatic carbocycles. The Balaban J connectivity index is 2.32. The smallest absolute Gasteiger partial charge is 0.118 e. The summed E-state index contributed by atoms with van der Waals surface area (Å²) in [5.41, 5.74) is 2.34. The van der Waals surface area contributed by atoms with Gasteiger partial charge in [-0.3, -0.25) is 4.98 Å². The first-order valence-corrected chi connectivity index (χ1v) is 5.64. The van der Waals surface area contributed by atoms with Crippen LogP contribution in [0.1, 0.15) is 11.7 Å². The lowest BCUT2D eigenvalue weighted by Crippen LogP contribution is -2.02. The monoisotopic (exact) mass is 245 g/mol. The second-order valence-electron chi connectivity index (χ2n) is 3.90. The minimum absolute atomic E-state index is 0.300. The van der Waals surface area contributed by atoms with Gasteiger partial charge in [0.05, 0.1) is 19.4 Å². The lowest BCUT2D eigenvalue weighted by molar-refractivity contribution is 0.0956. The van der Waals surface area contributed by atoms with Crippen LogP contribution in [0.4, 0.5) is 0 Å². The molecule has 0 unspecified atom stereocenters. The second kappa shape index (κ2) is 5.62. The van der Waals surface area contributed by atoms with Crippen LogP contribution in [-0.2, 0) is 0 Å². The molecule has 18 heavy (non-hydrogen) atoms. The highest BCUT2D eigenvalue weighted by Crippen LogP contribution is 2.23. The predicted octanol–water partition coefficient (Wildman–Crippen LogP) is 1.78. The van der Waals surface area contributed by atoms with Crippen molar-refractivity contribution in [3.63, 3.8) is 0 Å². The van der Waals surface area contributed by atoms with Crippen LogP contribution < -0.4 is 4.74 Å². The molecule has 94 valence electrons. The number of nitrogens with zero attached hydrogens (tertiary/aromatic N) is 1. The van der Waals surface area contributed by atoms with E-state index in [-0.39, 0.29) is 6.61 Å². The molecule has 2 N–H and O–H groups in total. The Morgan fingerprint density at radius 2 is 1.94 bits per heavy atom. The number of ether oxygens (including phenoxy) is 1. The molecule has 0 saturated carbocycles. The number of methoxy groups -OCH3 is 1. The average Bonchev–Trinajstić information content (AvgIpc) is 2.46. The van der Waals surface area contributed by atoms with Crippen LogP contribution >= 0.6 is 0 Å². The zero-order chi connectivity index (χ0) is 13.0. The topological polar surface area (TPSA) is 62.6 Å². The van der Waals surface area contributed by atoms with E-state index in [4.69, 9.17) is 9.84 Å². The number of rotatable bonds is 4. The van der Waals surface area contributed by atoms with Gasteiger partial charge < -0.3 is 14.9 Å². The van der Waals surface area contributed by atoms with Crippen LogP contribution in [0.5, 0.6) is 5.75 Å². The minimum atomic E-state index is -0.870. The zero-order valence-corrected chi connectivity index (χ0v) is 10.1. The van der Waals surface area contributed by atoms with Gasteiger partial charge in [0, 0.05) is 11.8 Å². The Labute approximate surface area is 106 Å². The molecule has 0 aliphatic rings. The Morgan fingerprint density at radius 1 is 1.22 bits per heavy atom. The predicted molar refractivity (Wildman–Crippen MR) is 68.3 cm³/mol. The molecule has 2 rings (SSSR count). The van der Waals surface area contributed by atoms with Crippen molar-refractivity contribution < 1.29 is 14.9 Å². The largest absolute Gasteiger partial charge is 0.497 e. The highest BCUT2D eigenvalue weighted by Gasteiger charge is 2.08. The van der Waals surface area contributed by atoms with Crippen molar-refractivity contribution in [1.29, 1.82) is 0 Å². The van der Waals surface area contributed by atoms with Crippen LogP contribution in [0.3, 0.4) is 0 Å². The van der Waals surface area contributed by atoms with Crippen molar-refractivity contribution in [2.75, 3.05) is 13.7 Å². The maximum absolute atomic E-state index is 9.59. The summed E-state index contributed by atoms with van der Waals surface area (Å²) < 4.78 is 5.09. The van der Waals surface area contributed by atoms with E-state index in [2.05, 4.69) is 4.98 Å². The van der Waals surface area contributed by atoms with Crippen molar-refractivity contribution in [1.82, 2.24) is 4.98 Å². The van der Waals surface area contributed by atoms with Gasteiger partial charge in [0.2, 0.25) is 0 Å². The molecule has 0 aliphatic carbocycles. The number of aromatic nitrogens is 1. The molecule has 0 radical (unpaired) electrons. The molecule has 4 heteroatoms. The summed E-state index contributed by atoms with van der Waals surface area (Å²) in [6.07, 6.45) is 0.748. The summed E-state index contributed by atoms with van der Waals surface area (Å²) in [5, 5.41) is 18.5. The molecule has 0 amide bonds.